The summed E-state index contributed by atoms with van der Waals surface area (Å²) in [6, 6.07) is 7.82. The lowest BCUT2D eigenvalue weighted by Gasteiger charge is -2.22. The van der Waals surface area contributed by atoms with Gasteiger partial charge >= 0.3 is 0 Å². The first kappa shape index (κ1) is 10.8. The second-order valence-corrected chi connectivity index (χ2v) is 3.02. The van der Waals surface area contributed by atoms with Crippen LogP contribution < -0.4 is 0 Å². The van der Waals surface area contributed by atoms with Gasteiger partial charge in [0.05, 0.1) is 0 Å². The number of hydrogen-bond acceptors (Lipinski definition) is 2. The van der Waals surface area contributed by atoms with Gasteiger partial charge in [0.1, 0.15) is 0 Å². The highest BCUT2D eigenvalue weighted by Crippen LogP contribution is 2.32. The Balaban J connectivity index is 0.000000980. The van der Waals surface area contributed by atoms with Crippen molar-refractivity contribution in [1.29, 1.82) is 5.41 Å². The molecule has 0 aliphatic heterocycles. The molecule has 0 heterocycles. The first-order valence-electron chi connectivity index (χ1n) is 4.03. The van der Waals surface area contributed by atoms with E-state index in [4.69, 9.17) is 10.6 Å². The van der Waals surface area contributed by atoms with Crippen molar-refractivity contribution in [2.75, 3.05) is 7.05 Å². The van der Waals surface area contributed by atoms with Crippen LogP contribution in [0.15, 0.2) is 24.3 Å². The van der Waals surface area contributed by atoms with Crippen molar-refractivity contribution in [2.45, 2.75) is 0 Å². The van der Waals surface area contributed by atoms with Gasteiger partial charge in [-0.3, -0.25) is 10.6 Å². The molecule has 0 saturated heterocycles. The molecule has 0 saturated carbocycles. The maximum atomic E-state index is 9.05. The summed E-state index contributed by atoms with van der Waals surface area (Å²) in [5.74, 6) is 0.138. The lowest BCUT2D eigenvalue weighted by molar-refractivity contribution is 0.0145. The predicted octanol–water partition coefficient (Wildman–Crippen LogP) is 2.26. The molecule has 14 heavy (non-hydrogen) atoms. The summed E-state index contributed by atoms with van der Waals surface area (Å²) in [4.78, 5) is 0. The zero-order valence-corrected chi connectivity index (χ0v) is 8.51. The van der Waals surface area contributed by atoms with Crippen LogP contribution in [0.5, 0.6) is 0 Å². The van der Waals surface area contributed by atoms with E-state index in [1.807, 2.05) is 30.3 Å². The Hall–Kier alpha value is -1.32. The van der Waals surface area contributed by atoms with Gasteiger partial charge in [0.15, 0.2) is 5.84 Å². The summed E-state index contributed by atoms with van der Waals surface area (Å²) in [6.45, 7) is 0. The fraction of sp³-hybridized carbons (Fsp3) is 0.100. The molecule has 1 aliphatic rings. The summed E-state index contributed by atoms with van der Waals surface area (Å²) in [5.41, 5.74) is 2.96. The van der Waals surface area contributed by atoms with Crippen LogP contribution in [0.3, 0.4) is 0 Å². The van der Waals surface area contributed by atoms with E-state index in [1.54, 1.807) is 0 Å². The molecule has 0 spiro atoms. The normalized spacial score (nSPS) is 11.7. The Labute approximate surface area is 88.5 Å². The van der Waals surface area contributed by atoms with Crippen molar-refractivity contribution in [3.8, 4) is 0 Å². The van der Waals surface area contributed by atoms with Gasteiger partial charge in [-0.25, -0.2) is 5.06 Å². The number of nitrogens with one attached hydrogen (secondary N) is 1. The number of hydroxylamine groups is 2. The average molecular weight is 211 g/mol. The molecule has 0 radical (unpaired) electrons. The minimum Gasteiger partial charge on any atom is -0.287 e. The smallest absolute Gasteiger partial charge is 0.152 e. The van der Waals surface area contributed by atoms with Crippen molar-refractivity contribution in [1.82, 2.24) is 5.06 Å². The summed E-state index contributed by atoms with van der Waals surface area (Å²) >= 11 is 0. The lowest BCUT2D eigenvalue weighted by Crippen LogP contribution is -2.25. The first-order chi connectivity index (χ1) is 6.20. The van der Waals surface area contributed by atoms with Gasteiger partial charge in [0, 0.05) is 12.6 Å². The average Bonchev–Trinajstić information content (AvgIpc) is 2.06. The fourth-order valence-electron chi connectivity index (χ4n) is 1.39. The predicted molar refractivity (Wildman–Crippen MR) is 58.8 cm³/mol. The molecule has 0 unspecified atom stereocenters. The van der Waals surface area contributed by atoms with Gasteiger partial charge < -0.3 is 0 Å². The zero-order chi connectivity index (χ0) is 9.42. The Morgan fingerprint density at radius 1 is 1.36 bits per heavy atom. The molecule has 2 rings (SSSR count). The third-order valence-corrected chi connectivity index (χ3v) is 2.13. The highest BCUT2D eigenvalue weighted by molar-refractivity contribution is 6.30. The Morgan fingerprint density at radius 3 is 2.57 bits per heavy atom. The van der Waals surface area contributed by atoms with E-state index < -0.39 is 0 Å². The molecular weight excluding hydrogens is 200 g/mol. The lowest BCUT2D eigenvalue weighted by atomic mass is 9.88. The molecule has 3 nitrogen and oxygen atoms in total. The van der Waals surface area contributed by atoms with Crippen LogP contribution in [0.1, 0.15) is 11.1 Å². The topological polar surface area (TPSA) is 47.3 Å². The molecule has 2 N–H and O–H groups in total. The molecule has 74 valence electrons. The van der Waals surface area contributed by atoms with Crippen LogP contribution in [0.25, 0.3) is 11.6 Å². The molecule has 0 atom stereocenters. The summed E-state index contributed by atoms with van der Waals surface area (Å²) in [6.07, 6.45) is 1.89. The van der Waals surface area contributed by atoms with Crippen molar-refractivity contribution in [3.63, 3.8) is 0 Å². The molecule has 0 fully saturated rings. The Bertz CT molecular complexity index is 399. The molecule has 1 aromatic rings. The van der Waals surface area contributed by atoms with Crippen LogP contribution in [0.2, 0.25) is 0 Å². The van der Waals surface area contributed by atoms with Crippen molar-refractivity contribution >= 4 is 29.9 Å². The third kappa shape index (κ3) is 1.52. The van der Waals surface area contributed by atoms with Gasteiger partial charge in [0.2, 0.25) is 0 Å². The number of rotatable bonds is 1. The molecule has 1 aliphatic carbocycles. The molecule has 0 bridgehead atoms. The van der Waals surface area contributed by atoms with Crippen molar-refractivity contribution in [3.05, 3.63) is 35.4 Å². The minimum atomic E-state index is 0. The van der Waals surface area contributed by atoms with Gasteiger partial charge in [0.25, 0.3) is 0 Å². The van der Waals surface area contributed by atoms with Crippen LogP contribution in [-0.4, -0.2) is 23.2 Å². The molecule has 0 aromatic heterocycles. The second kappa shape index (κ2) is 3.82. The number of benzene rings is 1. The summed E-state index contributed by atoms with van der Waals surface area (Å²) in [7, 11) is 1.45. The van der Waals surface area contributed by atoms with Crippen LogP contribution in [0, 0.1) is 5.41 Å². The number of hydrogen-bond donors (Lipinski definition) is 2. The molecule has 0 amide bonds. The van der Waals surface area contributed by atoms with Crippen molar-refractivity contribution in [2.24, 2.45) is 0 Å². The maximum Gasteiger partial charge on any atom is 0.152 e. The number of nitrogens with zero attached hydrogens (tertiary/aromatic N) is 1. The first-order valence-corrected chi connectivity index (χ1v) is 4.03. The Morgan fingerprint density at radius 2 is 2.00 bits per heavy atom. The van der Waals surface area contributed by atoms with E-state index in [-0.39, 0.29) is 18.2 Å². The van der Waals surface area contributed by atoms with Crippen LogP contribution in [-0.2, 0) is 0 Å². The van der Waals surface area contributed by atoms with Crippen LogP contribution >= 0.6 is 12.4 Å². The van der Waals surface area contributed by atoms with Crippen LogP contribution in [0.4, 0.5) is 0 Å². The summed E-state index contributed by atoms with van der Waals surface area (Å²) < 4.78 is 0. The minimum absolute atomic E-state index is 0. The third-order valence-electron chi connectivity index (χ3n) is 2.13. The number of fused-ring (bicyclic) bond motifs is 1. The molecule has 4 heteroatoms. The van der Waals surface area contributed by atoms with E-state index in [0.29, 0.717) is 0 Å². The SMILES string of the molecule is CN(O)C(=N)C1=Cc2ccccc21.Cl. The van der Waals surface area contributed by atoms with Gasteiger partial charge in [-0.2, -0.15) is 0 Å². The molecular formula is C10H11ClN2O. The second-order valence-electron chi connectivity index (χ2n) is 3.02. The maximum absolute atomic E-state index is 9.05. The fourth-order valence-corrected chi connectivity index (χ4v) is 1.39. The van der Waals surface area contributed by atoms with E-state index in [1.165, 1.54) is 7.05 Å². The monoisotopic (exact) mass is 210 g/mol. The van der Waals surface area contributed by atoms with E-state index in [2.05, 4.69) is 0 Å². The quantitative estimate of drug-likeness (QED) is 0.424. The largest absolute Gasteiger partial charge is 0.287 e. The highest BCUT2D eigenvalue weighted by atomic mass is 35.5. The van der Waals surface area contributed by atoms with E-state index in [9.17, 15) is 0 Å². The highest BCUT2D eigenvalue weighted by Gasteiger charge is 2.20. The zero-order valence-electron chi connectivity index (χ0n) is 7.69. The van der Waals surface area contributed by atoms with Gasteiger partial charge in [-0.15, -0.1) is 12.4 Å². The number of likely N-dealkylation sites (N-methyl/N-ethyl adjacent to an activating group) is 1. The van der Waals surface area contributed by atoms with Gasteiger partial charge in [-0.1, -0.05) is 24.3 Å². The standard InChI is InChI=1S/C10H10N2O.ClH/c1-12(13)10(11)9-6-7-4-2-3-5-8(7)9;/h2-6,11,13H,1H3;1H. The van der Waals surface area contributed by atoms with Crippen molar-refractivity contribution < 1.29 is 5.21 Å². The van der Waals surface area contributed by atoms with E-state index >= 15 is 0 Å². The van der Waals surface area contributed by atoms with E-state index in [0.717, 1.165) is 21.8 Å². The molecule has 1 aromatic carbocycles. The number of amidine groups is 1. The Kier molecular flexibility index (Phi) is 2.93. The van der Waals surface area contributed by atoms with Gasteiger partial charge in [-0.05, 0) is 17.2 Å². The number of halogens is 1. The summed E-state index contributed by atoms with van der Waals surface area (Å²) in [5, 5.41) is 17.4.